The molecule has 1 fully saturated rings. The molecule has 182 valence electrons. The van der Waals surface area contributed by atoms with Gasteiger partial charge in [0.2, 0.25) is 5.91 Å². The van der Waals surface area contributed by atoms with Gasteiger partial charge < -0.3 is 9.80 Å². The SMILES string of the molecule is O=C(CN1CCc2sccc2C1c1ccccc1)N1CCN(C(=O)c2ccc3ccccc3c2)CC1. The van der Waals surface area contributed by atoms with E-state index >= 15 is 0 Å². The summed E-state index contributed by atoms with van der Waals surface area (Å²) >= 11 is 1.81. The van der Waals surface area contributed by atoms with E-state index in [1.54, 1.807) is 0 Å². The Morgan fingerprint density at radius 1 is 0.778 bits per heavy atom. The monoisotopic (exact) mass is 495 g/mol. The quantitative estimate of drug-likeness (QED) is 0.407. The van der Waals surface area contributed by atoms with Crippen molar-refractivity contribution in [3.63, 3.8) is 0 Å². The van der Waals surface area contributed by atoms with Crippen LogP contribution in [0, 0.1) is 0 Å². The van der Waals surface area contributed by atoms with Crippen LogP contribution in [0.2, 0.25) is 0 Å². The summed E-state index contributed by atoms with van der Waals surface area (Å²) in [5.74, 6) is 0.186. The third-order valence-corrected chi connectivity index (χ3v) is 8.43. The van der Waals surface area contributed by atoms with Crippen molar-refractivity contribution >= 4 is 33.9 Å². The van der Waals surface area contributed by atoms with Gasteiger partial charge in [-0.25, -0.2) is 0 Å². The molecule has 0 spiro atoms. The number of rotatable bonds is 4. The Bertz CT molecular complexity index is 1390. The molecule has 3 aromatic carbocycles. The van der Waals surface area contributed by atoms with Gasteiger partial charge in [0.05, 0.1) is 12.6 Å². The summed E-state index contributed by atoms with van der Waals surface area (Å²) in [6.45, 7) is 3.55. The molecular formula is C30H29N3O2S. The first-order valence-electron chi connectivity index (χ1n) is 12.6. The van der Waals surface area contributed by atoms with E-state index < -0.39 is 0 Å². The van der Waals surface area contributed by atoms with Gasteiger partial charge in [-0.2, -0.15) is 0 Å². The van der Waals surface area contributed by atoms with Crippen LogP contribution in [0.4, 0.5) is 0 Å². The van der Waals surface area contributed by atoms with Crippen LogP contribution in [-0.2, 0) is 11.2 Å². The van der Waals surface area contributed by atoms with Crippen molar-refractivity contribution in [2.75, 3.05) is 39.3 Å². The van der Waals surface area contributed by atoms with Gasteiger partial charge in [-0.15, -0.1) is 11.3 Å². The summed E-state index contributed by atoms with van der Waals surface area (Å²) in [5, 5.41) is 4.36. The smallest absolute Gasteiger partial charge is 0.253 e. The lowest BCUT2D eigenvalue weighted by molar-refractivity contribution is -0.134. The second-order valence-electron chi connectivity index (χ2n) is 9.57. The maximum absolute atomic E-state index is 13.4. The molecule has 1 atom stereocenters. The zero-order chi connectivity index (χ0) is 24.5. The molecule has 0 N–H and O–H groups in total. The Kier molecular flexibility index (Phi) is 6.30. The minimum atomic E-state index is 0.0398. The molecule has 1 saturated heterocycles. The lowest BCUT2D eigenvalue weighted by Gasteiger charge is -2.39. The summed E-state index contributed by atoms with van der Waals surface area (Å²) in [4.78, 5) is 34.1. The first kappa shape index (κ1) is 23.0. The Labute approximate surface area is 215 Å². The molecular weight excluding hydrogens is 466 g/mol. The number of carbonyl (C=O) groups excluding carboxylic acids is 2. The number of amides is 2. The number of fused-ring (bicyclic) bond motifs is 2. The van der Waals surface area contributed by atoms with Crippen LogP contribution in [0.25, 0.3) is 10.8 Å². The van der Waals surface area contributed by atoms with Gasteiger partial charge in [-0.1, -0.05) is 60.7 Å². The Hall–Kier alpha value is -3.48. The number of hydrogen-bond acceptors (Lipinski definition) is 4. The van der Waals surface area contributed by atoms with Gasteiger partial charge in [-0.05, 0) is 51.9 Å². The van der Waals surface area contributed by atoms with Crippen LogP contribution >= 0.6 is 11.3 Å². The van der Waals surface area contributed by atoms with Crippen molar-refractivity contribution in [2.24, 2.45) is 0 Å². The van der Waals surface area contributed by atoms with Crippen molar-refractivity contribution in [3.05, 3.63) is 106 Å². The minimum absolute atomic E-state index is 0.0398. The first-order valence-corrected chi connectivity index (χ1v) is 13.5. The summed E-state index contributed by atoms with van der Waals surface area (Å²) < 4.78 is 0. The number of benzene rings is 3. The number of thiophene rings is 1. The van der Waals surface area contributed by atoms with E-state index in [0.717, 1.165) is 23.7 Å². The second kappa shape index (κ2) is 9.88. The average Bonchev–Trinajstić information content (AvgIpc) is 3.42. The molecule has 6 rings (SSSR count). The standard InChI is InChI=1S/C30H29N3O2S/c34-28(21-33-14-12-27-26(13-19-36-27)29(33)23-7-2-1-3-8-23)31-15-17-32(18-16-31)30(35)25-11-10-22-6-4-5-9-24(22)20-25/h1-11,13,19-20,29H,12,14-18,21H2. The largest absolute Gasteiger partial charge is 0.338 e. The minimum Gasteiger partial charge on any atom is -0.338 e. The maximum atomic E-state index is 13.4. The summed E-state index contributed by atoms with van der Waals surface area (Å²) in [6.07, 6.45) is 0.984. The molecule has 1 aromatic heterocycles. The number of hydrogen-bond donors (Lipinski definition) is 0. The van der Waals surface area contributed by atoms with Crippen molar-refractivity contribution < 1.29 is 9.59 Å². The molecule has 0 radical (unpaired) electrons. The van der Waals surface area contributed by atoms with E-state index in [0.29, 0.717) is 38.3 Å². The van der Waals surface area contributed by atoms with Gasteiger partial charge >= 0.3 is 0 Å². The lowest BCUT2D eigenvalue weighted by Crippen LogP contribution is -2.53. The highest BCUT2D eigenvalue weighted by atomic mass is 32.1. The molecule has 0 aliphatic carbocycles. The lowest BCUT2D eigenvalue weighted by atomic mass is 9.93. The van der Waals surface area contributed by atoms with Gasteiger partial charge in [0.15, 0.2) is 0 Å². The van der Waals surface area contributed by atoms with E-state index in [1.807, 2.05) is 63.6 Å². The van der Waals surface area contributed by atoms with Gasteiger partial charge in [0.1, 0.15) is 0 Å². The predicted octanol–water partition coefficient (Wildman–Crippen LogP) is 4.83. The van der Waals surface area contributed by atoms with Crippen molar-refractivity contribution in [2.45, 2.75) is 12.5 Å². The van der Waals surface area contributed by atoms with Crippen LogP contribution in [-0.4, -0.2) is 65.8 Å². The molecule has 0 bridgehead atoms. The number of nitrogens with zero attached hydrogens (tertiary/aromatic N) is 3. The first-order chi connectivity index (χ1) is 17.7. The normalized spacial score (nSPS) is 18.3. The molecule has 3 heterocycles. The van der Waals surface area contributed by atoms with Crippen LogP contribution in [0.15, 0.2) is 84.2 Å². The topological polar surface area (TPSA) is 43.9 Å². The fraction of sp³-hybridized carbons (Fsp3) is 0.267. The molecule has 2 amide bonds. The summed E-state index contributed by atoms with van der Waals surface area (Å²) in [7, 11) is 0. The van der Waals surface area contributed by atoms with Crippen LogP contribution in [0.5, 0.6) is 0 Å². The summed E-state index contributed by atoms with van der Waals surface area (Å²) in [6, 6.07) is 26.8. The highest BCUT2D eigenvalue weighted by Gasteiger charge is 2.33. The third kappa shape index (κ3) is 4.43. The molecule has 2 aliphatic heterocycles. The van der Waals surface area contributed by atoms with Crippen LogP contribution < -0.4 is 0 Å². The van der Waals surface area contributed by atoms with Crippen molar-refractivity contribution in [1.29, 1.82) is 0 Å². The highest BCUT2D eigenvalue weighted by molar-refractivity contribution is 7.10. The predicted molar refractivity (Wildman–Crippen MR) is 144 cm³/mol. The van der Waals surface area contributed by atoms with E-state index in [2.05, 4.69) is 46.7 Å². The molecule has 5 nitrogen and oxygen atoms in total. The van der Waals surface area contributed by atoms with Crippen molar-refractivity contribution in [3.8, 4) is 0 Å². The van der Waals surface area contributed by atoms with Gasteiger partial charge in [0.25, 0.3) is 5.91 Å². The molecule has 4 aromatic rings. The Balaban J connectivity index is 1.11. The second-order valence-corrected chi connectivity index (χ2v) is 10.6. The van der Waals surface area contributed by atoms with E-state index in [1.165, 1.54) is 16.0 Å². The summed E-state index contributed by atoms with van der Waals surface area (Å²) in [5.41, 5.74) is 3.27. The van der Waals surface area contributed by atoms with Gasteiger partial charge in [0, 0.05) is 43.2 Å². The van der Waals surface area contributed by atoms with Gasteiger partial charge in [-0.3, -0.25) is 14.5 Å². The Morgan fingerprint density at radius 3 is 2.31 bits per heavy atom. The third-order valence-electron chi connectivity index (χ3n) is 7.44. The molecule has 2 aliphatic rings. The zero-order valence-electron chi connectivity index (χ0n) is 20.2. The van der Waals surface area contributed by atoms with E-state index in [-0.39, 0.29) is 17.9 Å². The average molecular weight is 496 g/mol. The van der Waals surface area contributed by atoms with Crippen LogP contribution in [0.3, 0.4) is 0 Å². The zero-order valence-corrected chi connectivity index (χ0v) is 21.0. The number of carbonyl (C=O) groups is 2. The number of piperazine rings is 1. The van der Waals surface area contributed by atoms with E-state index in [4.69, 9.17) is 0 Å². The fourth-order valence-corrected chi connectivity index (χ4v) is 6.41. The highest BCUT2D eigenvalue weighted by Crippen LogP contribution is 2.37. The maximum Gasteiger partial charge on any atom is 0.253 e. The molecule has 1 unspecified atom stereocenters. The van der Waals surface area contributed by atoms with E-state index in [9.17, 15) is 9.59 Å². The van der Waals surface area contributed by atoms with Crippen LogP contribution in [0.1, 0.15) is 32.4 Å². The van der Waals surface area contributed by atoms with Crippen molar-refractivity contribution in [1.82, 2.24) is 14.7 Å². The molecule has 6 heteroatoms. The molecule has 36 heavy (non-hydrogen) atoms. The molecule has 0 saturated carbocycles. The Morgan fingerprint density at radius 2 is 1.50 bits per heavy atom. The fourth-order valence-electron chi connectivity index (χ4n) is 5.50.